The summed E-state index contributed by atoms with van der Waals surface area (Å²) in [6, 6.07) is 7.77. The van der Waals surface area contributed by atoms with Crippen LogP contribution in [-0.4, -0.2) is 65.7 Å². The number of benzene rings is 1. The van der Waals surface area contributed by atoms with Crippen LogP contribution in [0.4, 0.5) is 0 Å². The minimum atomic E-state index is 0.0934. The first-order valence-electron chi connectivity index (χ1n) is 8.89. The van der Waals surface area contributed by atoms with E-state index in [1.54, 1.807) is 7.11 Å². The summed E-state index contributed by atoms with van der Waals surface area (Å²) in [7, 11) is 1.66. The summed E-state index contributed by atoms with van der Waals surface area (Å²) >= 11 is 0. The van der Waals surface area contributed by atoms with E-state index >= 15 is 0 Å². The first-order valence-corrected chi connectivity index (χ1v) is 8.89. The fraction of sp³-hybridized carbons (Fsp3) is 0.400. The number of aryl methyl sites for hydroxylation is 1. The molecule has 1 aromatic heterocycles. The van der Waals surface area contributed by atoms with Gasteiger partial charge in [-0.3, -0.25) is 14.8 Å². The highest BCUT2D eigenvalue weighted by molar-refractivity contribution is 5.94. The summed E-state index contributed by atoms with van der Waals surface area (Å²) in [5, 5.41) is 7.31. The summed E-state index contributed by atoms with van der Waals surface area (Å²) < 4.78 is 5.22. The fourth-order valence-corrected chi connectivity index (χ4v) is 3.38. The molecule has 1 fully saturated rings. The number of ether oxygens (including phenoxy) is 1. The lowest BCUT2D eigenvalue weighted by Crippen LogP contribution is -2.48. The van der Waals surface area contributed by atoms with E-state index in [4.69, 9.17) is 4.74 Å². The van der Waals surface area contributed by atoms with Crippen LogP contribution in [0.2, 0.25) is 0 Å². The van der Waals surface area contributed by atoms with E-state index in [-0.39, 0.29) is 5.91 Å². The molecule has 0 radical (unpaired) electrons. The number of aromatic nitrogens is 2. The fourth-order valence-electron chi connectivity index (χ4n) is 3.38. The Morgan fingerprint density at radius 3 is 2.58 bits per heavy atom. The second-order valence-electron chi connectivity index (χ2n) is 6.56. The van der Waals surface area contributed by atoms with Gasteiger partial charge in [0.15, 0.2) is 0 Å². The lowest BCUT2D eigenvalue weighted by Gasteiger charge is -2.34. The molecule has 1 amide bonds. The number of H-pyrrole nitrogens is 1. The largest absolute Gasteiger partial charge is 0.378 e. The Morgan fingerprint density at radius 2 is 1.96 bits per heavy atom. The first kappa shape index (κ1) is 18.4. The third-order valence-electron chi connectivity index (χ3n) is 4.77. The number of aromatic amines is 1. The molecule has 6 nitrogen and oxygen atoms in total. The maximum absolute atomic E-state index is 12.7. The van der Waals surface area contributed by atoms with E-state index in [0.29, 0.717) is 6.61 Å². The molecule has 1 aliphatic heterocycles. The summed E-state index contributed by atoms with van der Waals surface area (Å²) in [4.78, 5) is 17.0. The third kappa shape index (κ3) is 3.86. The minimum absolute atomic E-state index is 0.0934. The Morgan fingerprint density at radius 1 is 1.27 bits per heavy atom. The molecule has 0 spiro atoms. The number of amides is 1. The molecule has 26 heavy (non-hydrogen) atoms. The van der Waals surface area contributed by atoms with Gasteiger partial charge in [0.1, 0.15) is 0 Å². The molecule has 0 aliphatic carbocycles. The van der Waals surface area contributed by atoms with Crippen LogP contribution < -0.4 is 0 Å². The zero-order valence-corrected chi connectivity index (χ0v) is 15.5. The van der Waals surface area contributed by atoms with Crippen molar-refractivity contribution in [3.63, 3.8) is 0 Å². The van der Waals surface area contributed by atoms with Crippen molar-refractivity contribution in [1.29, 1.82) is 0 Å². The number of carbonyl (C=O) groups excluding carboxylic acids is 1. The minimum Gasteiger partial charge on any atom is -0.378 e. The zero-order valence-electron chi connectivity index (χ0n) is 15.5. The van der Waals surface area contributed by atoms with Crippen molar-refractivity contribution in [3.8, 4) is 11.1 Å². The third-order valence-corrected chi connectivity index (χ3v) is 4.77. The number of hydrogen-bond acceptors (Lipinski definition) is 4. The topological polar surface area (TPSA) is 61.5 Å². The van der Waals surface area contributed by atoms with E-state index in [9.17, 15) is 4.79 Å². The SMILES string of the molecule is C=CCN1CCN(C(=O)c2ccc(-c3c(COC)n[nH]c3C)cc2)CC1. The summed E-state index contributed by atoms with van der Waals surface area (Å²) in [5.41, 5.74) is 4.68. The van der Waals surface area contributed by atoms with E-state index in [1.807, 2.05) is 42.2 Å². The molecule has 1 N–H and O–H groups in total. The number of rotatable bonds is 6. The zero-order chi connectivity index (χ0) is 18.5. The highest BCUT2D eigenvalue weighted by Gasteiger charge is 2.21. The van der Waals surface area contributed by atoms with Gasteiger partial charge in [0.2, 0.25) is 0 Å². The van der Waals surface area contributed by atoms with Crippen molar-refractivity contribution in [2.75, 3.05) is 39.8 Å². The van der Waals surface area contributed by atoms with E-state index in [2.05, 4.69) is 21.7 Å². The molecule has 1 aliphatic rings. The molecule has 0 bridgehead atoms. The van der Waals surface area contributed by atoms with Gasteiger partial charge in [0, 0.05) is 56.7 Å². The monoisotopic (exact) mass is 354 g/mol. The van der Waals surface area contributed by atoms with Crippen molar-refractivity contribution in [3.05, 3.63) is 53.9 Å². The molecule has 2 heterocycles. The van der Waals surface area contributed by atoms with Gasteiger partial charge < -0.3 is 9.64 Å². The normalized spacial score (nSPS) is 15.2. The summed E-state index contributed by atoms with van der Waals surface area (Å²) in [6.45, 7) is 10.4. The van der Waals surface area contributed by atoms with Crippen LogP contribution in [0.25, 0.3) is 11.1 Å². The quantitative estimate of drug-likeness (QED) is 0.810. The molecule has 6 heteroatoms. The van der Waals surface area contributed by atoms with E-state index < -0.39 is 0 Å². The van der Waals surface area contributed by atoms with Crippen LogP contribution >= 0.6 is 0 Å². The molecular weight excluding hydrogens is 328 g/mol. The van der Waals surface area contributed by atoms with Gasteiger partial charge in [-0.2, -0.15) is 5.10 Å². The number of piperazine rings is 1. The number of nitrogens with one attached hydrogen (secondary N) is 1. The highest BCUT2D eigenvalue weighted by atomic mass is 16.5. The van der Waals surface area contributed by atoms with Crippen LogP contribution in [0.1, 0.15) is 21.7 Å². The number of nitrogens with zero attached hydrogens (tertiary/aromatic N) is 3. The molecule has 2 aromatic rings. The molecule has 0 atom stereocenters. The van der Waals surface area contributed by atoms with Gasteiger partial charge in [-0.1, -0.05) is 18.2 Å². The van der Waals surface area contributed by atoms with Crippen LogP contribution in [-0.2, 0) is 11.3 Å². The van der Waals surface area contributed by atoms with Crippen molar-refractivity contribution in [1.82, 2.24) is 20.0 Å². The van der Waals surface area contributed by atoms with Gasteiger partial charge in [0.05, 0.1) is 12.3 Å². The van der Waals surface area contributed by atoms with E-state index in [1.165, 1.54) is 0 Å². The van der Waals surface area contributed by atoms with Crippen LogP contribution in [0.5, 0.6) is 0 Å². The van der Waals surface area contributed by atoms with Gasteiger partial charge in [-0.15, -0.1) is 6.58 Å². The van der Waals surface area contributed by atoms with Crippen LogP contribution in [0.15, 0.2) is 36.9 Å². The van der Waals surface area contributed by atoms with Gasteiger partial charge >= 0.3 is 0 Å². The predicted molar refractivity (Wildman–Crippen MR) is 102 cm³/mol. The average Bonchev–Trinajstić information content (AvgIpc) is 3.03. The van der Waals surface area contributed by atoms with Gasteiger partial charge in [-0.25, -0.2) is 0 Å². The second kappa shape index (κ2) is 8.29. The summed E-state index contributed by atoms with van der Waals surface area (Å²) in [5.74, 6) is 0.0934. The average molecular weight is 354 g/mol. The Bertz CT molecular complexity index is 759. The Kier molecular flexibility index (Phi) is 5.85. The molecule has 138 valence electrons. The number of carbonyl (C=O) groups is 1. The predicted octanol–water partition coefficient (Wildman–Crippen LogP) is 2.48. The molecule has 0 unspecified atom stereocenters. The van der Waals surface area contributed by atoms with Gasteiger partial charge in [-0.05, 0) is 24.6 Å². The van der Waals surface area contributed by atoms with Crippen molar-refractivity contribution in [2.45, 2.75) is 13.5 Å². The molecule has 0 saturated carbocycles. The molecule has 3 rings (SSSR count). The van der Waals surface area contributed by atoms with Crippen LogP contribution in [0, 0.1) is 6.92 Å². The van der Waals surface area contributed by atoms with Crippen molar-refractivity contribution >= 4 is 5.91 Å². The lowest BCUT2D eigenvalue weighted by molar-refractivity contribution is 0.0650. The molecular formula is C20H26N4O2. The van der Waals surface area contributed by atoms with Crippen molar-refractivity contribution in [2.24, 2.45) is 0 Å². The first-order chi connectivity index (χ1) is 12.6. The Labute approximate surface area is 154 Å². The molecule has 1 aromatic carbocycles. The standard InChI is InChI=1S/C20H26N4O2/c1-4-9-23-10-12-24(13-11-23)20(25)17-7-5-16(6-8-17)19-15(2)21-22-18(19)14-26-3/h4-8H,1,9-14H2,2-3H3,(H,21,22). The van der Waals surface area contributed by atoms with Gasteiger partial charge in [0.25, 0.3) is 5.91 Å². The smallest absolute Gasteiger partial charge is 0.253 e. The lowest BCUT2D eigenvalue weighted by atomic mass is 10.0. The number of methoxy groups -OCH3 is 1. The Hall–Kier alpha value is -2.44. The van der Waals surface area contributed by atoms with Crippen LogP contribution in [0.3, 0.4) is 0 Å². The highest BCUT2D eigenvalue weighted by Crippen LogP contribution is 2.26. The number of hydrogen-bond donors (Lipinski definition) is 1. The maximum Gasteiger partial charge on any atom is 0.253 e. The molecule has 1 saturated heterocycles. The maximum atomic E-state index is 12.7. The second-order valence-corrected chi connectivity index (χ2v) is 6.56. The summed E-state index contributed by atoms with van der Waals surface area (Å²) in [6.07, 6.45) is 1.91. The Balaban J connectivity index is 1.71. The van der Waals surface area contributed by atoms with E-state index in [0.717, 1.165) is 60.8 Å². The van der Waals surface area contributed by atoms with Crippen molar-refractivity contribution < 1.29 is 9.53 Å².